The van der Waals surface area contributed by atoms with Crippen molar-refractivity contribution in [2.45, 2.75) is 12.6 Å². The second kappa shape index (κ2) is 4.75. The maximum absolute atomic E-state index is 5.44. The minimum Gasteiger partial charge on any atom is -0.342 e. The Labute approximate surface area is 89.3 Å². The molecule has 0 aliphatic rings. The lowest BCUT2D eigenvalue weighted by atomic mass is 10.1. The van der Waals surface area contributed by atoms with Gasteiger partial charge in [-0.2, -0.15) is 0 Å². The van der Waals surface area contributed by atoms with E-state index < -0.39 is 0 Å². The van der Waals surface area contributed by atoms with E-state index in [0.29, 0.717) is 0 Å². The quantitative estimate of drug-likeness (QED) is 0.753. The fourth-order valence-corrected chi connectivity index (χ4v) is 1.61. The summed E-state index contributed by atoms with van der Waals surface area (Å²) in [7, 11) is 1.73. The molecular weight excluding hydrogens is 188 g/mol. The maximum Gasteiger partial charge on any atom is 0.243 e. The lowest BCUT2D eigenvalue weighted by molar-refractivity contribution is -0.759. The second-order valence-electron chi connectivity index (χ2n) is 3.44. The van der Waals surface area contributed by atoms with Crippen molar-refractivity contribution in [1.82, 2.24) is 4.98 Å². The third-order valence-corrected chi connectivity index (χ3v) is 2.42. The van der Waals surface area contributed by atoms with Crippen LogP contribution in [0, 0.1) is 0 Å². The first-order chi connectivity index (χ1) is 7.40. The van der Waals surface area contributed by atoms with Gasteiger partial charge in [-0.05, 0) is 5.56 Å². The molecule has 0 bridgehead atoms. The number of aromatic amines is 1. The fraction of sp³-hybridized carbons (Fsp3) is 0.250. The molecule has 1 aromatic heterocycles. The summed E-state index contributed by atoms with van der Waals surface area (Å²) in [5.74, 6) is 0. The Morgan fingerprint density at radius 3 is 2.73 bits per heavy atom. The van der Waals surface area contributed by atoms with Crippen molar-refractivity contribution in [3.05, 3.63) is 54.6 Å². The third kappa shape index (κ3) is 2.44. The summed E-state index contributed by atoms with van der Waals surface area (Å²) in [4.78, 5) is 3.01. The molecular formula is C12H15N2O+. The van der Waals surface area contributed by atoms with Gasteiger partial charge in [0, 0.05) is 13.5 Å². The van der Waals surface area contributed by atoms with Gasteiger partial charge in [0.25, 0.3) is 0 Å². The van der Waals surface area contributed by atoms with Crippen LogP contribution in [0.3, 0.4) is 0 Å². The molecule has 2 rings (SSSR count). The number of aromatic nitrogens is 2. The van der Waals surface area contributed by atoms with E-state index in [2.05, 4.69) is 17.1 Å². The van der Waals surface area contributed by atoms with Gasteiger partial charge in [0.2, 0.25) is 12.6 Å². The normalized spacial score (nSPS) is 12.6. The summed E-state index contributed by atoms with van der Waals surface area (Å²) in [5.41, 5.74) is 1.28. The van der Waals surface area contributed by atoms with Crippen LogP contribution in [-0.2, 0) is 11.2 Å². The minimum absolute atomic E-state index is 0.0543. The molecule has 0 spiro atoms. The SMILES string of the molecule is COC(Cc1ccccc1)[n+]1cc[nH]c1. The first kappa shape index (κ1) is 9.93. The Hall–Kier alpha value is -1.61. The van der Waals surface area contributed by atoms with Crippen molar-refractivity contribution in [2.24, 2.45) is 0 Å². The molecule has 2 aromatic rings. The van der Waals surface area contributed by atoms with Crippen LogP contribution in [0.15, 0.2) is 49.1 Å². The van der Waals surface area contributed by atoms with E-state index >= 15 is 0 Å². The molecule has 78 valence electrons. The number of ether oxygens (including phenoxy) is 1. The van der Waals surface area contributed by atoms with Crippen LogP contribution in [-0.4, -0.2) is 12.1 Å². The summed E-state index contributed by atoms with van der Waals surface area (Å²) in [6.07, 6.45) is 6.68. The standard InChI is InChI=1S/C12H14N2O/c1-15-12(14-8-7-13-10-14)9-11-5-3-2-4-6-11/h2-8,10,12H,9H2,1H3/p+1. The second-order valence-corrected chi connectivity index (χ2v) is 3.44. The van der Waals surface area contributed by atoms with Crippen molar-refractivity contribution < 1.29 is 9.30 Å². The highest BCUT2D eigenvalue weighted by molar-refractivity contribution is 5.14. The highest BCUT2D eigenvalue weighted by Crippen LogP contribution is 2.08. The number of H-pyrrole nitrogens is 1. The predicted molar refractivity (Wildman–Crippen MR) is 57.2 cm³/mol. The molecule has 1 heterocycles. The van der Waals surface area contributed by atoms with Crippen molar-refractivity contribution in [1.29, 1.82) is 0 Å². The van der Waals surface area contributed by atoms with Crippen molar-refractivity contribution in [2.75, 3.05) is 7.11 Å². The van der Waals surface area contributed by atoms with Gasteiger partial charge >= 0.3 is 0 Å². The molecule has 3 heteroatoms. The highest BCUT2D eigenvalue weighted by atomic mass is 16.5. The Morgan fingerprint density at radius 1 is 1.33 bits per heavy atom. The molecule has 0 saturated carbocycles. The minimum atomic E-state index is 0.0543. The molecule has 1 atom stereocenters. The van der Waals surface area contributed by atoms with Gasteiger partial charge in [-0.1, -0.05) is 30.3 Å². The maximum atomic E-state index is 5.44. The molecule has 1 aromatic carbocycles. The van der Waals surface area contributed by atoms with Crippen LogP contribution in [0.5, 0.6) is 0 Å². The van der Waals surface area contributed by atoms with Gasteiger partial charge in [-0.25, -0.2) is 4.57 Å². The summed E-state index contributed by atoms with van der Waals surface area (Å²) >= 11 is 0. The van der Waals surface area contributed by atoms with Gasteiger partial charge in [0.15, 0.2) is 0 Å². The number of rotatable bonds is 4. The summed E-state index contributed by atoms with van der Waals surface area (Å²) < 4.78 is 7.46. The molecule has 0 aliphatic carbocycles. The summed E-state index contributed by atoms with van der Waals surface area (Å²) in [5, 5.41) is 0. The zero-order chi connectivity index (χ0) is 10.5. The van der Waals surface area contributed by atoms with E-state index in [9.17, 15) is 0 Å². The van der Waals surface area contributed by atoms with E-state index in [1.807, 2.05) is 41.5 Å². The number of imidazole rings is 1. The average molecular weight is 203 g/mol. The number of methoxy groups -OCH3 is 1. The number of benzene rings is 1. The lowest BCUT2D eigenvalue weighted by Gasteiger charge is -2.11. The van der Waals surface area contributed by atoms with E-state index in [1.54, 1.807) is 7.11 Å². The van der Waals surface area contributed by atoms with Crippen LogP contribution in [0.2, 0.25) is 0 Å². The van der Waals surface area contributed by atoms with E-state index in [4.69, 9.17) is 4.74 Å². The molecule has 0 fully saturated rings. The van der Waals surface area contributed by atoms with Crippen molar-refractivity contribution >= 4 is 0 Å². The van der Waals surface area contributed by atoms with Crippen LogP contribution in [0.25, 0.3) is 0 Å². The molecule has 15 heavy (non-hydrogen) atoms. The Kier molecular flexibility index (Phi) is 3.15. The number of nitrogens with zero attached hydrogens (tertiary/aromatic N) is 1. The lowest BCUT2D eigenvalue weighted by Crippen LogP contribution is -2.39. The van der Waals surface area contributed by atoms with Crippen molar-refractivity contribution in [3.63, 3.8) is 0 Å². The molecule has 0 saturated heterocycles. The van der Waals surface area contributed by atoms with Gasteiger partial charge < -0.3 is 4.74 Å². The molecule has 0 aliphatic heterocycles. The van der Waals surface area contributed by atoms with Gasteiger partial charge in [0.05, 0.1) is 0 Å². The smallest absolute Gasteiger partial charge is 0.243 e. The monoisotopic (exact) mass is 203 g/mol. The zero-order valence-corrected chi connectivity index (χ0v) is 8.76. The Morgan fingerprint density at radius 2 is 2.13 bits per heavy atom. The largest absolute Gasteiger partial charge is 0.342 e. The molecule has 1 N–H and O–H groups in total. The molecule has 0 amide bonds. The first-order valence-corrected chi connectivity index (χ1v) is 5.00. The first-order valence-electron chi connectivity index (χ1n) is 5.00. The molecule has 3 nitrogen and oxygen atoms in total. The van der Waals surface area contributed by atoms with Crippen molar-refractivity contribution in [3.8, 4) is 0 Å². The van der Waals surface area contributed by atoms with E-state index in [1.165, 1.54) is 5.56 Å². The van der Waals surface area contributed by atoms with Crippen LogP contribution >= 0.6 is 0 Å². The van der Waals surface area contributed by atoms with Gasteiger partial charge in [-0.15, -0.1) is 0 Å². The number of nitrogens with one attached hydrogen (secondary N) is 1. The van der Waals surface area contributed by atoms with E-state index in [-0.39, 0.29) is 6.23 Å². The zero-order valence-electron chi connectivity index (χ0n) is 8.76. The topological polar surface area (TPSA) is 28.9 Å². The van der Waals surface area contributed by atoms with Gasteiger partial charge in [-0.3, -0.25) is 4.98 Å². The van der Waals surface area contributed by atoms with Crippen LogP contribution in [0.1, 0.15) is 11.8 Å². The predicted octanol–water partition coefficient (Wildman–Crippen LogP) is 1.69. The Bertz CT molecular complexity index is 383. The molecule has 1 unspecified atom stereocenters. The average Bonchev–Trinajstić information content (AvgIpc) is 2.81. The van der Waals surface area contributed by atoms with Gasteiger partial charge in [0.1, 0.15) is 12.4 Å². The number of hydrogen-bond donors (Lipinski definition) is 1. The summed E-state index contributed by atoms with van der Waals surface area (Å²) in [6, 6.07) is 10.3. The molecule has 0 radical (unpaired) electrons. The summed E-state index contributed by atoms with van der Waals surface area (Å²) in [6.45, 7) is 0. The highest BCUT2D eigenvalue weighted by Gasteiger charge is 2.14. The van der Waals surface area contributed by atoms with E-state index in [0.717, 1.165) is 6.42 Å². The fourth-order valence-electron chi connectivity index (χ4n) is 1.61. The Balaban J connectivity index is 2.10. The number of hydrogen-bond acceptors (Lipinski definition) is 1. The van der Waals surface area contributed by atoms with Crippen LogP contribution in [0.4, 0.5) is 0 Å². The van der Waals surface area contributed by atoms with Crippen LogP contribution < -0.4 is 4.57 Å². The third-order valence-electron chi connectivity index (χ3n) is 2.42.